The van der Waals surface area contributed by atoms with E-state index in [1.165, 1.54) is 0 Å². The molecule has 2 aliphatic heterocycles. The van der Waals surface area contributed by atoms with E-state index >= 15 is 0 Å². The van der Waals surface area contributed by atoms with Gasteiger partial charge in [-0.1, -0.05) is 13.8 Å². The maximum Gasteiger partial charge on any atom is 0.225 e. The molecule has 2 aliphatic rings. The molecule has 2 amide bonds. The number of primary amides is 1. The van der Waals surface area contributed by atoms with Gasteiger partial charge in [0.25, 0.3) is 0 Å². The van der Waals surface area contributed by atoms with Gasteiger partial charge >= 0.3 is 0 Å². The van der Waals surface area contributed by atoms with E-state index < -0.39 is 0 Å². The fourth-order valence-corrected chi connectivity index (χ4v) is 4.78. The van der Waals surface area contributed by atoms with Gasteiger partial charge in [0.15, 0.2) is 5.65 Å². The fraction of sp³-hybridized carbons (Fsp3) is 0.636. The number of hydrogen-bond donors (Lipinski definition) is 1. The smallest absolute Gasteiger partial charge is 0.225 e. The van der Waals surface area contributed by atoms with Crippen molar-refractivity contribution >= 4 is 17.5 Å². The van der Waals surface area contributed by atoms with Crippen LogP contribution in [0.3, 0.4) is 0 Å². The zero-order valence-corrected chi connectivity index (χ0v) is 18.2. The molecule has 2 aromatic rings. The molecule has 30 heavy (non-hydrogen) atoms. The minimum absolute atomic E-state index is 0.00478. The van der Waals surface area contributed by atoms with Crippen molar-refractivity contribution in [2.75, 3.05) is 26.2 Å². The molecule has 0 bridgehead atoms. The first-order chi connectivity index (χ1) is 14.3. The number of aryl methyl sites for hydroxylation is 1. The van der Waals surface area contributed by atoms with E-state index in [0.717, 1.165) is 74.6 Å². The number of nitrogens with zero attached hydrogens (tertiary/aromatic N) is 5. The lowest BCUT2D eigenvalue weighted by Crippen LogP contribution is -2.38. The van der Waals surface area contributed by atoms with Crippen LogP contribution in [0.15, 0.2) is 12.3 Å². The van der Waals surface area contributed by atoms with Gasteiger partial charge in [-0.25, -0.2) is 9.50 Å². The zero-order chi connectivity index (χ0) is 21.4. The second-order valence-corrected chi connectivity index (χ2v) is 9.05. The van der Waals surface area contributed by atoms with E-state index in [9.17, 15) is 9.59 Å². The van der Waals surface area contributed by atoms with Crippen LogP contribution < -0.4 is 5.73 Å². The Morgan fingerprint density at radius 2 is 1.93 bits per heavy atom. The lowest BCUT2D eigenvalue weighted by Gasteiger charge is -2.30. The first-order valence-corrected chi connectivity index (χ1v) is 11.0. The molecule has 2 fully saturated rings. The van der Waals surface area contributed by atoms with Gasteiger partial charge in [-0.05, 0) is 45.3 Å². The lowest BCUT2D eigenvalue weighted by molar-refractivity contribution is -0.133. The van der Waals surface area contributed by atoms with Crippen LogP contribution in [0.5, 0.6) is 0 Å². The van der Waals surface area contributed by atoms with Gasteiger partial charge in [0.1, 0.15) is 0 Å². The Labute approximate surface area is 177 Å². The summed E-state index contributed by atoms with van der Waals surface area (Å²) >= 11 is 0. The topological polar surface area (TPSA) is 96.8 Å². The molecular formula is C22H32N6O2. The third kappa shape index (κ3) is 3.93. The Kier molecular flexibility index (Phi) is 5.77. The minimum Gasteiger partial charge on any atom is -0.369 e. The number of carbonyl (C=O) groups is 2. The molecule has 1 unspecified atom stereocenters. The summed E-state index contributed by atoms with van der Waals surface area (Å²) in [5, 5.41) is 4.82. The second-order valence-electron chi connectivity index (χ2n) is 9.05. The summed E-state index contributed by atoms with van der Waals surface area (Å²) in [4.78, 5) is 32.8. The predicted octanol–water partition coefficient (Wildman–Crippen LogP) is 1.71. The number of amides is 2. The van der Waals surface area contributed by atoms with Crippen molar-refractivity contribution in [3.63, 3.8) is 0 Å². The number of carbonyl (C=O) groups excluding carboxylic acids is 2. The Morgan fingerprint density at radius 1 is 1.20 bits per heavy atom. The Morgan fingerprint density at radius 3 is 2.60 bits per heavy atom. The summed E-state index contributed by atoms with van der Waals surface area (Å²) in [5.74, 6) is 0.333. The van der Waals surface area contributed by atoms with Gasteiger partial charge < -0.3 is 10.6 Å². The molecule has 2 aromatic heterocycles. The molecule has 1 atom stereocenters. The van der Waals surface area contributed by atoms with Crippen LogP contribution in [0.1, 0.15) is 56.0 Å². The first kappa shape index (κ1) is 20.8. The lowest BCUT2D eigenvalue weighted by atomic mass is 9.96. The summed E-state index contributed by atoms with van der Waals surface area (Å²) < 4.78 is 1.98. The average Bonchev–Trinajstić information content (AvgIpc) is 3.33. The van der Waals surface area contributed by atoms with Crippen LogP contribution in [-0.4, -0.2) is 62.4 Å². The van der Waals surface area contributed by atoms with Gasteiger partial charge in [0, 0.05) is 49.1 Å². The van der Waals surface area contributed by atoms with Gasteiger partial charge in [-0.15, -0.1) is 0 Å². The number of rotatable bonds is 5. The number of nitrogens with two attached hydrogens (primary N) is 1. The van der Waals surface area contributed by atoms with Crippen LogP contribution in [0, 0.1) is 18.8 Å². The molecule has 0 aliphatic carbocycles. The third-order valence-corrected chi connectivity index (χ3v) is 6.63. The minimum atomic E-state index is -0.185. The molecular weight excluding hydrogens is 380 g/mol. The summed E-state index contributed by atoms with van der Waals surface area (Å²) in [6, 6.07) is 2.04. The maximum absolute atomic E-state index is 12.4. The van der Waals surface area contributed by atoms with Crippen LogP contribution in [0.25, 0.3) is 5.65 Å². The number of aromatic nitrogens is 3. The highest BCUT2D eigenvalue weighted by Gasteiger charge is 2.31. The predicted molar refractivity (Wildman–Crippen MR) is 114 cm³/mol. The molecule has 4 rings (SSSR count). The average molecular weight is 413 g/mol. The van der Waals surface area contributed by atoms with E-state index in [4.69, 9.17) is 10.8 Å². The monoisotopic (exact) mass is 412 g/mol. The molecule has 8 heteroatoms. The summed E-state index contributed by atoms with van der Waals surface area (Å²) in [6.45, 7) is 9.98. The Hall–Kier alpha value is -2.48. The SMILES string of the molecule is Cc1nn2c(C3CCN(C(=O)C(C)C)C3)ccnc2c1CN1CCC(C(N)=O)CC1. The summed E-state index contributed by atoms with van der Waals surface area (Å²) in [5.41, 5.74) is 9.62. The van der Waals surface area contributed by atoms with Crippen LogP contribution in [0.4, 0.5) is 0 Å². The van der Waals surface area contributed by atoms with Crippen LogP contribution >= 0.6 is 0 Å². The maximum atomic E-state index is 12.4. The molecule has 2 saturated heterocycles. The molecule has 8 nitrogen and oxygen atoms in total. The number of hydrogen-bond acceptors (Lipinski definition) is 5. The van der Waals surface area contributed by atoms with E-state index in [1.54, 1.807) is 0 Å². The van der Waals surface area contributed by atoms with E-state index in [-0.39, 0.29) is 29.6 Å². The third-order valence-electron chi connectivity index (χ3n) is 6.63. The highest BCUT2D eigenvalue weighted by Crippen LogP contribution is 2.30. The van der Waals surface area contributed by atoms with Crippen molar-refractivity contribution in [3.8, 4) is 0 Å². The normalized spacial score (nSPS) is 21.1. The quantitative estimate of drug-likeness (QED) is 0.806. The van der Waals surface area contributed by atoms with Crippen molar-refractivity contribution in [1.29, 1.82) is 0 Å². The summed E-state index contributed by atoms with van der Waals surface area (Å²) in [6.07, 6.45) is 4.44. The Balaban J connectivity index is 1.53. The Bertz CT molecular complexity index is 944. The van der Waals surface area contributed by atoms with E-state index in [1.807, 2.05) is 42.4 Å². The van der Waals surface area contributed by atoms with Gasteiger partial charge in [0.05, 0.1) is 11.4 Å². The fourth-order valence-electron chi connectivity index (χ4n) is 4.78. The number of likely N-dealkylation sites (tertiary alicyclic amines) is 2. The van der Waals surface area contributed by atoms with Crippen LogP contribution in [0.2, 0.25) is 0 Å². The van der Waals surface area contributed by atoms with Crippen molar-refractivity contribution in [2.45, 2.75) is 52.5 Å². The van der Waals surface area contributed by atoms with Gasteiger partial charge in [0.2, 0.25) is 11.8 Å². The van der Waals surface area contributed by atoms with E-state index in [2.05, 4.69) is 9.88 Å². The molecule has 0 aromatic carbocycles. The number of piperidine rings is 1. The first-order valence-electron chi connectivity index (χ1n) is 11.0. The van der Waals surface area contributed by atoms with Crippen molar-refractivity contribution < 1.29 is 9.59 Å². The summed E-state index contributed by atoms with van der Waals surface area (Å²) in [7, 11) is 0. The van der Waals surface area contributed by atoms with E-state index in [0.29, 0.717) is 0 Å². The molecule has 162 valence electrons. The zero-order valence-electron chi connectivity index (χ0n) is 18.2. The molecule has 0 spiro atoms. The van der Waals surface area contributed by atoms with Crippen molar-refractivity contribution in [3.05, 3.63) is 29.2 Å². The highest BCUT2D eigenvalue weighted by atomic mass is 16.2. The molecule has 0 radical (unpaired) electrons. The standard InChI is InChI=1S/C22H32N6O2/c1-14(2)22(30)27-11-7-17(12-27)19-4-8-24-21-18(15(3)25-28(19)21)13-26-9-5-16(6-10-26)20(23)29/h4,8,14,16-17H,5-7,9-13H2,1-3H3,(H2,23,29). The largest absolute Gasteiger partial charge is 0.369 e. The van der Waals surface area contributed by atoms with Gasteiger partial charge in [-0.2, -0.15) is 5.10 Å². The highest BCUT2D eigenvalue weighted by molar-refractivity contribution is 5.78. The van der Waals surface area contributed by atoms with Crippen molar-refractivity contribution in [1.82, 2.24) is 24.4 Å². The van der Waals surface area contributed by atoms with Gasteiger partial charge in [-0.3, -0.25) is 14.5 Å². The second kappa shape index (κ2) is 8.34. The molecule has 0 saturated carbocycles. The number of fused-ring (bicyclic) bond motifs is 1. The molecule has 4 heterocycles. The van der Waals surface area contributed by atoms with Crippen LogP contribution in [-0.2, 0) is 16.1 Å². The van der Waals surface area contributed by atoms with Crippen molar-refractivity contribution in [2.24, 2.45) is 17.6 Å². The molecule has 2 N–H and O–H groups in total.